The number of rotatable bonds is 15. The van der Waals surface area contributed by atoms with Crippen molar-refractivity contribution in [1.82, 2.24) is 19.9 Å². The molecule has 20 heteroatoms. The molecule has 0 amide bonds. The summed E-state index contributed by atoms with van der Waals surface area (Å²) in [5, 5.41) is 66.5. The molecular formula is C49H79N5O15. The molecule has 3 aliphatic heterocycles. The second kappa shape index (κ2) is 23.3. The molecule has 5 rings (SSSR count). The van der Waals surface area contributed by atoms with Crippen molar-refractivity contribution in [3.63, 3.8) is 0 Å². The van der Waals surface area contributed by atoms with Gasteiger partial charge in [-0.15, -0.1) is 5.10 Å². The molecule has 0 bridgehead atoms. The van der Waals surface area contributed by atoms with Crippen molar-refractivity contribution in [2.75, 3.05) is 27.8 Å². The summed E-state index contributed by atoms with van der Waals surface area (Å²) in [6, 6.07) is 6.04. The van der Waals surface area contributed by atoms with Crippen LogP contribution in [0.15, 0.2) is 30.5 Å². The third-order valence-electron chi connectivity index (χ3n) is 15.2. The van der Waals surface area contributed by atoms with Crippen LogP contribution in [0.4, 0.5) is 5.69 Å². The van der Waals surface area contributed by atoms with Gasteiger partial charge < -0.3 is 58.5 Å². The first-order valence-electron chi connectivity index (χ1n) is 24.4. The van der Waals surface area contributed by atoms with Gasteiger partial charge in [-0.2, -0.15) is 0 Å². The van der Waals surface area contributed by atoms with Crippen molar-refractivity contribution in [3.05, 3.63) is 51.8 Å². The Balaban J connectivity index is 1.45. The Morgan fingerprint density at radius 2 is 1.62 bits per heavy atom. The van der Waals surface area contributed by atoms with Crippen LogP contribution < -0.4 is 0 Å². The minimum Gasteiger partial charge on any atom is -0.459 e. The highest BCUT2D eigenvalue weighted by Gasteiger charge is 2.54. The number of carbonyl (C=O) groups excluding carboxylic acids is 2. The van der Waals surface area contributed by atoms with E-state index in [1.54, 1.807) is 58.4 Å². The summed E-state index contributed by atoms with van der Waals surface area (Å²) in [6.45, 7) is 17.9. The van der Waals surface area contributed by atoms with Gasteiger partial charge in [-0.05, 0) is 79.8 Å². The molecule has 0 unspecified atom stereocenters. The van der Waals surface area contributed by atoms with Gasteiger partial charge in [0.2, 0.25) is 0 Å². The monoisotopic (exact) mass is 978 g/mol. The van der Waals surface area contributed by atoms with Crippen LogP contribution in [-0.4, -0.2) is 169 Å². The van der Waals surface area contributed by atoms with Crippen LogP contribution in [-0.2, 0) is 62.1 Å². The first-order chi connectivity index (χ1) is 32.3. The Bertz CT molecular complexity index is 2020. The molecule has 3 fully saturated rings. The minimum atomic E-state index is -2.01. The van der Waals surface area contributed by atoms with Gasteiger partial charge in [0, 0.05) is 82.3 Å². The normalized spacial score (nSPS) is 39.8. The van der Waals surface area contributed by atoms with Gasteiger partial charge in [0.25, 0.3) is 5.69 Å². The maximum atomic E-state index is 14.4. The number of aliphatic hydroxyl groups is 4. The molecule has 390 valence electrons. The van der Waals surface area contributed by atoms with Crippen LogP contribution in [0.3, 0.4) is 0 Å². The van der Waals surface area contributed by atoms with Crippen molar-refractivity contribution in [2.45, 2.75) is 199 Å². The zero-order valence-electron chi connectivity index (χ0n) is 42.7. The van der Waals surface area contributed by atoms with E-state index in [0.717, 1.165) is 11.3 Å². The predicted octanol–water partition coefficient (Wildman–Crippen LogP) is 3.80. The molecule has 1 aromatic carbocycles. The van der Waals surface area contributed by atoms with Gasteiger partial charge in [0.1, 0.15) is 29.7 Å². The summed E-state index contributed by atoms with van der Waals surface area (Å²) in [7, 11) is 4.88. The fourth-order valence-corrected chi connectivity index (χ4v) is 10.6. The Morgan fingerprint density at radius 3 is 2.26 bits per heavy atom. The molecule has 3 aliphatic rings. The summed E-state index contributed by atoms with van der Waals surface area (Å²) < 4.78 is 46.3. The highest BCUT2D eigenvalue weighted by atomic mass is 16.7. The molecule has 2 aromatic rings. The topological polar surface area (TPSA) is 257 Å². The van der Waals surface area contributed by atoms with Gasteiger partial charge in [0.15, 0.2) is 12.6 Å². The lowest BCUT2D eigenvalue weighted by Crippen LogP contribution is -2.61. The second-order valence-corrected chi connectivity index (χ2v) is 20.5. The highest BCUT2D eigenvalue weighted by Crippen LogP contribution is 2.42. The largest absolute Gasteiger partial charge is 0.459 e. The molecule has 4 N–H and O–H groups in total. The number of aryl methyl sites for hydroxylation is 2. The number of benzene rings is 1. The molecule has 0 saturated carbocycles. The zero-order chi connectivity index (χ0) is 51.3. The Morgan fingerprint density at radius 1 is 0.942 bits per heavy atom. The van der Waals surface area contributed by atoms with Gasteiger partial charge in [-0.3, -0.25) is 24.4 Å². The zero-order valence-corrected chi connectivity index (χ0v) is 42.7. The summed E-state index contributed by atoms with van der Waals surface area (Å²) >= 11 is 0. The van der Waals surface area contributed by atoms with Crippen LogP contribution in [0, 0.1) is 33.8 Å². The number of hydrogen-bond donors (Lipinski definition) is 4. The third kappa shape index (κ3) is 12.9. The predicted molar refractivity (Wildman–Crippen MR) is 251 cm³/mol. The van der Waals surface area contributed by atoms with Crippen LogP contribution in [0.25, 0.3) is 0 Å². The lowest BCUT2D eigenvalue weighted by Gasteiger charge is -2.50. The number of ether oxygens (including phenoxy) is 7. The first kappa shape index (κ1) is 56.4. The van der Waals surface area contributed by atoms with Crippen LogP contribution in [0.2, 0.25) is 0 Å². The second-order valence-electron chi connectivity index (χ2n) is 20.5. The molecule has 0 radical (unpaired) electrons. The highest BCUT2D eigenvalue weighted by molar-refractivity contribution is 5.83. The summed E-state index contributed by atoms with van der Waals surface area (Å²) in [6.07, 6.45) is -6.90. The van der Waals surface area contributed by atoms with Gasteiger partial charge >= 0.3 is 5.97 Å². The third-order valence-corrected chi connectivity index (χ3v) is 15.2. The van der Waals surface area contributed by atoms with E-state index in [1.165, 1.54) is 34.1 Å². The molecule has 0 aliphatic carbocycles. The molecule has 69 heavy (non-hydrogen) atoms. The van der Waals surface area contributed by atoms with Crippen molar-refractivity contribution in [1.29, 1.82) is 0 Å². The Labute approximate surface area is 406 Å². The number of ketones is 1. The maximum Gasteiger partial charge on any atom is 0.311 e. The van der Waals surface area contributed by atoms with Crippen molar-refractivity contribution >= 4 is 17.4 Å². The molecule has 3 saturated heterocycles. The lowest BCUT2D eigenvalue weighted by atomic mass is 9.74. The fraction of sp³-hybridized carbons (Fsp3) is 0.796. The number of non-ortho nitro benzene ring substituents is 1. The van der Waals surface area contributed by atoms with E-state index >= 15 is 0 Å². The fourth-order valence-electron chi connectivity index (χ4n) is 10.6. The number of nitro benzene ring substituents is 1. The van der Waals surface area contributed by atoms with E-state index in [1.807, 2.05) is 38.1 Å². The lowest BCUT2D eigenvalue weighted by molar-refractivity contribution is -0.384. The number of aromatic nitrogens is 3. The van der Waals surface area contributed by atoms with E-state index in [-0.39, 0.29) is 36.8 Å². The SMILES string of the molecule is CC[C@H]1OC(=O)[C@H](C)[C@@H](O[C@H]2C[C@@](C)(OC)[C@@H](O)[C@H](C)O2)[C@H](C)[C@@H](O[C@@H]2O[C@H](C)C[C@H](N(C)CCc3cn(CCc4cccc([N+](=O)[O-])c4)nn3)[C@H]2O)[C@](C)(OC)C[C@@H](C)C(=O)[C@H](C)[C@@H](O)[C@]1(C)O. The van der Waals surface area contributed by atoms with E-state index in [2.05, 4.69) is 10.3 Å². The molecule has 18 atom stereocenters. The smallest absolute Gasteiger partial charge is 0.311 e. The van der Waals surface area contributed by atoms with Crippen LogP contribution >= 0.6 is 0 Å². The minimum absolute atomic E-state index is 0.0297. The molecule has 1 aromatic heterocycles. The standard InChI is InChI=1S/C49H79N5O15/c1-14-37-49(10,60)42(57)29(4)39(55)27(2)24-48(9,64-13)44(30(5)41(31(6)45(59)67-37)68-38-25-47(8,63-12)43(58)32(7)66-38)69-46-40(56)36(22-28(3)65-46)52(11)20-19-34-26-53(51-50-34)21-18-33-16-15-17-35(23-33)54(61)62/h15-17,23,26-32,36-38,40-44,46,56-58,60H,14,18-22,24-25H2,1-13H3/t27-,28-,29+,30+,31-,32+,36+,37-,38+,40-,41+,42-,43+,44-,46+,47-,48-,49-/m1/s1. The maximum absolute atomic E-state index is 14.4. The van der Waals surface area contributed by atoms with Crippen molar-refractivity contribution < 1.29 is 68.1 Å². The van der Waals surface area contributed by atoms with Crippen molar-refractivity contribution in [2.24, 2.45) is 23.7 Å². The number of likely N-dealkylation sites (N-methyl/N-ethyl adjacent to an activating group) is 1. The summed E-state index contributed by atoms with van der Waals surface area (Å²) in [5.41, 5.74) is -2.86. The number of hydrogen-bond acceptors (Lipinski definition) is 18. The molecule has 20 nitrogen and oxygen atoms in total. The number of nitro groups is 1. The van der Waals surface area contributed by atoms with E-state index < -0.39 is 113 Å². The number of Topliss-reactive ketones (excluding diaryl/α,β-unsaturated/α-hetero) is 1. The van der Waals surface area contributed by atoms with E-state index in [4.69, 9.17) is 33.2 Å². The van der Waals surface area contributed by atoms with Gasteiger partial charge in [-0.25, -0.2) is 0 Å². The average Bonchev–Trinajstić information content (AvgIpc) is 3.78. The number of nitrogens with zero attached hydrogens (tertiary/aromatic N) is 5. The molecule has 0 spiro atoms. The first-order valence-corrected chi connectivity index (χ1v) is 24.4. The van der Waals surface area contributed by atoms with Gasteiger partial charge in [-0.1, -0.05) is 45.0 Å². The summed E-state index contributed by atoms with van der Waals surface area (Å²) in [5.74, 6) is -4.80. The number of esters is 1. The summed E-state index contributed by atoms with van der Waals surface area (Å²) in [4.78, 5) is 41.5. The quantitative estimate of drug-likeness (QED) is 0.112. The van der Waals surface area contributed by atoms with Crippen molar-refractivity contribution in [3.8, 4) is 0 Å². The van der Waals surface area contributed by atoms with E-state index in [0.29, 0.717) is 32.4 Å². The van der Waals surface area contributed by atoms with Crippen LogP contribution in [0.1, 0.15) is 106 Å². The van der Waals surface area contributed by atoms with Gasteiger partial charge in [0.05, 0.1) is 58.3 Å². The van der Waals surface area contributed by atoms with E-state index in [9.17, 15) is 40.1 Å². The number of carbonyl (C=O) groups is 2. The number of cyclic esters (lactones) is 1. The Kier molecular flexibility index (Phi) is 19.1. The number of aliphatic hydroxyl groups excluding tert-OH is 3. The number of methoxy groups -OCH3 is 2. The molecule has 4 heterocycles. The molecular weight excluding hydrogens is 899 g/mol. The Hall–Kier alpha value is -3.54. The average molecular weight is 978 g/mol. The van der Waals surface area contributed by atoms with Crippen LogP contribution in [0.5, 0.6) is 0 Å².